The molecule has 82 valence electrons. The van der Waals surface area contributed by atoms with E-state index in [1.54, 1.807) is 6.20 Å². The zero-order valence-electron chi connectivity index (χ0n) is 9.43. The van der Waals surface area contributed by atoms with Crippen molar-refractivity contribution in [3.63, 3.8) is 0 Å². The van der Waals surface area contributed by atoms with E-state index in [9.17, 15) is 0 Å². The van der Waals surface area contributed by atoms with Crippen LogP contribution in [0.5, 0.6) is 0 Å². The summed E-state index contributed by atoms with van der Waals surface area (Å²) >= 11 is 0. The summed E-state index contributed by atoms with van der Waals surface area (Å²) in [5, 5.41) is 0. The Labute approximate surface area is 96.1 Å². The molecule has 1 atom stereocenters. The molecule has 0 saturated heterocycles. The van der Waals surface area contributed by atoms with Crippen LogP contribution in [0.2, 0.25) is 0 Å². The Morgan fingerprint density at radius 3 is 2.69 bits per heavy atom. The van der Waals surface area contributed by atoms with Gasteiger partial charge in [0.2, 0.25) is 0 Å². The van der Waals surface area contributed by atoms with E-state index in [0.717, 1.165) is 12.0 Å². The largest absolute Gasteiger partial charge is 0.328 e. The summed E-state index contributed by atoms with van der Waals surface area (Å²) in [5.41, 5.74) is 9.52. The fraction of sp³-hybridized carbons (Fsp3) is 0.214. The van der Waals surface area contributed by atoms with Crippen LogP contribution in [0, 0.1) is 0 Å². The van der Waals surface area contributed by atoms with Crippen molar-refractivity contribution in [3.05, 3.63) is 54.4 Å². The van der Waals surface area contributed by atoms with Gasteiger partial charge in [-0.3, -0.25) is 4.98 Å². The van der Waals surface area contributed by atoms with Crippen LogP contribution in [0.25, 0.3) is 11.1 Å². The fourth-order valence-corrected chi connectivity index (χ4v) is 1.85. The van der Waals surface area contributed by atoms with Gasteiger partial charge in [0.05, 0.1) is 0 Å². The van der Waals surface area contributed by atoms with E-state index in [1.807, 2.05) is 25.3 Å². The molecule has 0 fully saturated rings. The second-order valence-electron chi connectivity index (χ2n) is 4.08. The first kappa shape index (κ1) is 10.8. The van der Waals surface area contributed by atoms with Gasteiger partial charge >= 0.3 is 0 Å². The van der Waals surface area contributed by atoms with Gasteiger partial charge in [-0.25, -0.2) is 0 Å². The van der Waals surface area contributed by atoms with Crippen molar-refractivity contribution in [3.8, 4) is 11.1 Å². The van der Waals surface area contributed by atoms with Gasteiger partial charge in [-0.2, -0.15) is 0 Å². The van der Waals surface area contributed by atoms with Crippen molar-refractivity contribution in [1.29, 1.82) is 0 Å². The maximum atomic E-state index is 5.86. The van der Waals surface area contributed by atoms with Gasteiger partial charge in [0.25, 0.3) is 0 Å². The maximum absolute atomic E-state index is 5.86. The summed E-state index contributed by atoms with van der Waals surface area (Å²) < 4.78 is 0. The molecule has 1 aromatic heterocycles. The molecular weight excluding hydrogens is 196 g/mol. The molecule has 1 unspecified atom stereocenters. The Morgan fingerprint density at radius 1 is 1.19 bits per heavy atom. The van der Waals surface area contributed by atoms with Crippen LogP contribution in [-0.4, -0.2) is 11.0 Å². The van der Waals surface area contributed by atoms with Crippen LogP contribution in [0.1, 0.15) is 12.5 Å². The third kappa shape index (κ3) is 2.47. The van der Waals surface area contributed by atoms with Crippen LogP contribution in [0.4, 0.5) is 0 Å². The van der Waals surface area contributed by atoms with Crippen LogP contribution in [0.15, 0.2) is 48.8 Å². The molecule has 0 spiro atoms. The smallest absolute Gasteiger partial charge is 0.0346 e. The Kier molecular flexibility index (Phi) is 3.32. The highest BCUT2D eigenvalue weighted by Gasteiger charge is 2.05. The molecular formula is C14H16N2. The predicted molar refractivity (Wildman–Crippen MR) is 67.0 cm³/mol. The zero-order chi connectivity index (χ0) is 11.4. The molecule has 2 nitrogen and oxygen atoms in total. The van der Waals surface area contributed by atoms with Gasteiger partial charge < -0.3 is 5.73 Å². The number of nitrogens with two attached hydrogens (primary N) is 1. The molecule has 0 amide bonds. The lowest BCUT2D eigenvalue weighted by Gasteiger charge is -2.11. The van der Waals surface area contributed by atoms with Gasteiger partial charge in [-0.1, -0.05) is 30.3 Å². The molecule has 0 bridgehead atoms. The minimum atomic E-state index is 0.179. The third-order valence-corrected chi connectivity index (χ3v) is 2.53. The topological polar surface area (TPSA) is 38.9 Å². The van der Waals surface area contributed by atoms with Gasteiger partial charge in [0, 0.05) is 24.0 Å². The van der Waals surface area contributed by atoms with E-state index in [-0.39, 0.29) is 6.04 Å². The molecule has 1 heterocycles. The number of rotatable bonds is 3. The normalized spacial score (nSPS) is 12.4. The van der Waals surface area contributed by atoms with Gasteiger partial charge in [0.15, 0.2) is 0 Å². The molecule has 2 rings (SSSR count). The molecule has 1 aromatic carbocycles. The number of hydrogen-bond acceptors (Lipinski definition) is 2. The van der Waals surface area contributed by atoms with Crippen molar-refractivity contribution in [2.75, 3.05) is 0 Å². The maximum Gasteiger partial charge on any atom is 0.0346 e. The molecule has 2 aromatic rings. The van der Waals surface area contributed by atoms with Crippen molar-refractivity contribution >= 4 is 0 Å². The van der Waals surface area contributed by atoms with E-state index in [1.165, 1.54) is 11.1 Å². The average Bonchev–Trinajstić information content (AvgIpc) is 2.30. The van der Waals surface area contributed by atoms with E-state index < -0.39 is 0 Å². The second kappa shape index (κ2) is 4.90. The van der Waals surface area contributed by atoms with Crippen LogP contribution >= 0.6 is 0 Å². The van der Waals surface area contributed by atoms with Crippen LogP contribution in [0.3, 0.4) is 0 Å². The number of nitrogens with zero attached hydrogens (tertiary/aromatic N) is 1. The minimum Gasteiger partial charge on any atom is -0.328 e. The van der Waals surface area contributed by atoms with Crippen molar-refractivity contribution in [2.45, 2.75) is 19.4 Å². The van der Waals surface area contributed by atoms with Gasteiger partial charge in [0.1, 0.15) is 0 Å². The molecule has 0 saturated carbocycles. The number of benzene rings is 1. The number of hydrogen-bond donors (Lipinski definition) is 1. The molecule has 0 radical (unpaired) electrons. The van der Waals surface area contributed by atoms with Crippen LogP contribution in [-0.2, 0) is 6.42 Å². The number of aromatic nitrogens is 1. The van der Waals surface area contributed by atoms with Gasteiger partial charge in [-0.15, -0.1) is 0 Å². The Hall–Kier alpha value is -1.67. The lowest BCUT2D eigenvalue weighted by molar-refractivity contribution is 0.739. The SMILES string of the molecule is CC(N)Cc1ccccc1-c1cccnc1. The highest BCUT2D eigenvalue weighted by Crippen LogP contribution is 2.23. The molecule has 2 N–H and O–H groups in total. The Bertz CT molecular complexity index is 449. The third-order valence-electron chi connectivity index (χ3n) is 2.53. The minimum absolute atomic E-state index is 0.179. The first-order valence-corrected chi connectivity index (χ1v) is 5.51. The standard InChI is InChI=1S/C14H16N2/c1-11(15)9-12-5-2-3-7-14(12)13-6-4-8-16-10-13/h2-8,10-11H,9,15H2,1H3. The highest BCUT2D eigenvalue weighted by atomic mass is 14.6. The summed E-state index contributed by atoms with van der Waals surface area (Å²) in [5.74, 6) is 0. The summed E-state index contributed by atoms with van der Waals surface area (Å²) in [7, 11) is 0. The first-order valence-electron chi connectivity index (χ1n) is 5.51. The lowest BCUT2D eigenvalue weighted by Crippen LogP contribution is -2.18. The Balaban J connectivity index is 2.41. The zero-order valence-corrected chi connectivity index (χ0v) is 9.43. The van der Waals surface area contributed by atoms with E-state index >= 15 is 0 Å². The quantitative estimate of drug-likeness (QED) is 0.849. The van der Waals surface area contributed by atoms with Crippen molar-refractivity contribution in [2.24, 2.45) is 5.73 Å². The summed E-state index contributed by atoms with van der Waals surface area (Å²) in [4.78, 5) is 4.15. The molecule has 0 aliphatic rings. The monoisotopic (exact) mass is 212 g/mol. The first-order chi connectivity index (χ1) is 7.77. The summed E-state index contributed by atoms with van der Waals surface area (Å²) in [6.45, 7) is 2.03. The summed E-state index contributed by atoms with van der Waals surface area (Å²) in [6, 6.07) is 12.6. The van der Waals surface area contributed by atoms with Crippen molar-refractivity contribution in [1.82, 2.24) is 4.98 Å². The van der Waals surface area contributed by atoms with Gasteiger partial charge in [-0.05, 0) is 30.5 Å². The van der Waals surface area contributed by atoms with Crippen molar-refractivity contribution < 1.29 is 0 Å². The number of pyridine rings is 1. The fourth-order valence-electron chi connectivity index (χ4n) is 1.85. The van der Waals surface area contributed by atoms with E-state index in [4.69, 9.17) is 5.73 Å². The van der Waals surface area contributed by atoms with Crippen LogP contribution < -0.4 is 5.73 Å². The Morgan fingerprint density at radius 2 is 2.00 bits per heavy atom. The predicted octanol–water partition coefficient (Wildman–Crippen LogP) is 2.64. The molecule has 16 heavy (non-hydrogen) atoms. The second-order valence-corrected chi connectivity index (χ2v) is 4.08. The highest BCUT2D eigenvalue weighted by molar-refractivity contribution is 5.66. The van der Waals surface area contributed by atoms with E-state index in [0.29, 0.717) is 0 Å². The molecule has 2 heteroatoms. The lowest BCUT2D eigenvalue weighted by atomic mass is 9.97. The summed E-state index contributed by atoms with van der Waals surface area (Å²) in [6.07, 6.45) is 4.57. The average molecular weight is 212 g/mol. The van der Waals surface area contributed by atoms with E-state index in [2.05, 4.69) is 29.2 Å². The molecule has 0 aliphatic heterocycles. The molecule has 0 aliphatic carbocycles.